The van der Waals surface area contributed by atoms with Crippen molar-refractivity contribution in [2.24, 2.45) is 0 Å². The predicted octanol–water partition coefficient (Wildman–Crippen LogP) is 2.95. The zero-order valence-electron chi connectivity index (χ0n) is 13.8. The Bertz CT molecular complexity index is 695. The summed E-state index contributed by atoms with van der Waals surface area (Å²) in [6, 6.07) is 6.51. The number of amides is 1. The third-order valence-electron chi connectivity index (χ3n) is 4.23. The summed E-state index contributed by atoms with van der Waals surface area (Å²) in [6.45, 7) is 3.78. The number of carbonyl (C=O) groups excluding carboxylic acids is 1. The molecule has 0 fully saturated rings. The van der Waals surface area contributed by atoms with Gasteiger partial charge >= 0.3 is 0 Å². The maximum Gasteiger partial charge on any atom is 0.226 e. The number of nitrogens with zero attached hydrogens (tertiary/aromatic N) is 2. The summed E-state index contributed by atoms with van der Waals surface area (Å²) in [5, 5.41) is 6.07. The average Bonchev–Trinajstić information content (AvgIpc) is 3.00. The highest BCUT2D eigenvalue weighted by Crippen LogP contribution is 2.26. The van der Waals surface area contributed by atoms with Crippen LogP contribution in [0.2, 0.25) is 0 Å². The lowest BCUT2D eigenvalue weighted by Crippen LogP contribution is -2.26. The number of thiazole rings is 1. The second-order valence-corrected chi connectivity index (χ2v) is 6.97. The Hall–Kier alpha value is -1.88. The molecule has 23 heavy (non-hydrogen) atoms. The number of benzene rings is 1. The molecular weight excluding hydrogens is 306 g/mol. The van der Waals surface area contributed by atoms with Gasteiger partial charge in [-0.25, -0.2) is 4.98 Å². The number of aryl methyl sites for hydroxylation is 2. The molecule has 1 aliphatic rings. The molecule has 0 spiro atoms. The minimum atomic E-state index is 0.0350. The van der Waals surface area contributed by atoms with Crippen LogP contribution in [0.25, 0.3) is 0 Å². The number of aromatic nitrogens is 1. The van der Waals surface area contributed by atoms with Gasteiger partial charge in [-0.05, 0) is 36.5 Å². The first-order valence-corrected chi connectivity index (χ1v) is 9.06. The van der Waals surface area contributed by atoms with Gasteiger partial charge in [-0.2, -0.15) is 0 Å². The number of hydrogen-bond acceptors (Lipinski definition) is 4. The van der Waals surface area contributed by atoms with Crippen molar-refractivity contribution in [2.75, 3.05) is 18.5 Å². The van der Waals surface area contributed by atoms with Crippen LogP contribution >= 0.6 is 11.3 Å². The summed E-state index contributed by atoms with van der Waals surface area (Å²) in [5.41, 5.74) is 4.75. The molecule has 0 saturated heterocycles. The second-order valence-electron chi connectivity index (χ2n) is 6.03. The van der Waals surface area contributed by atoms with E-state index in [0.717, 1.165) is 30.1 Å². The molecule has 2 heterocycles. The lowest BCUT2D eigenvalue weighted by atomic mass is 9.99. The van der Waals surface area contributed by atoms with Crippen molar-refractivity contribution in [1.29, 1.82) is 0 Å². The molecular formula is C18H23N3OS. The summed E-state index contributed by atoms with van der Waals surface area (Å²) in [6.07, 6.45) is 3.61. The normalized spacial score (nSPS) is 13.7. The highest BCUT2D eigenvalue weighted by molar-refractivity contribution is 7.09. The number of carbonyl (C=O) groups is 1. The summed E-state index contributed by atoms with van der Waals surface area (Å²) in [4.78, 5) is 18.8. The SMILES string of the molecule is CCc1nc(CC(=O)NCc2ccc3c(c2)CCCN3C)cs1. The van der Waals surface area contributed by atoms with Crippen molar-refractivity contribution < 1.29 is 4.79 Å². The van der Waals surface area contributed by atoms with E-state index < -0.39 is 0 Å². The van der Waals surface area contributed by atoms with Crippen molar-refractivity contribution in [2.45, 2.75) is 39.2 Å². The molecule has 0 unspecified atom stereocenters. The Morgan fingerprint density at radius 1 is 1.43 bits per heavy atom. The summed E-state index contributed by atoms with van der Waals surface area (Å²) >= 11 is 1.63. The van der Waals surface area contributed by atoms with E-state index in [1.165, 1.54) is 23.2 Å². The van der Waals surface area contributed by atoms with Gasteiger partial charge in [0.25, 0.3) is 0 Å². The highest BCUT2D eigenvalue weighted by Gasteiger charge is 2.14. The standard InChI is InChI=1S/C18H23N3OS/c1-3-18-20-15(12-23-18)10-17(22)19-11-13-6-7-16-14(9-13)5-4-8-21(16)2/h6-7,9,12H,3-5,8,10-11H2,1-2H3,(H,19,22). The average molecular weight is 329 g/mol. The molecule has 1 aromatic carbocycles. The quantitative estimate of drug-likeness (QED) is 0.917. The zero-order valence-corrected chi connectivity index (χ0v) is 14.6. The van der Waals surface area contributed by atoms with Gasteiger partial charge in [-0.1, -0.05) is 19.1 Å². The zero-order chi connectivity index (χ0) is 16.2. The lowest BCUT2D eigenvalue weighted by Gasteiger charge is -2.27. The van der Waals surface area contributed by atoms with Gasteiger partial charge in [0.15, 0.2) is 0 Å². The fourth-order valence-electron chi connectivity index (χ4n) is 2.97. The van der Waals surface area contributed by atoms with Gasteiger partial charge in [0, 0.05) is 31.2 Å². The first-order valence-electron chi connectivity index (χ1n) is 8.18. The monoisotopic (exact) mass is 329 g/mol. The van der Waals surface area contributed by atoms with Crippen molar-refractivity contribution in [1.82, 2.24) is 10.3 Å². The molecule has 0 bridgehead atoms. The molecule has 5 heteroatoms. The second kappa shape index (κ2) is 7.13. The maximum atomic E-state index is 12.1. The molecule has 1 amide bonds. The van der Waals surface area contributed by atoms with Crippen LogP contribution in [-0.4, -0.2) is 24.5 Å². The van der Waals surface area contributed by atoms with Gasteiger partial charge in [-0.3, -0.25) is 4.79 Å². The number of nitrogens with one attached hydrogen (secondary N) is 1. The van der Waals surface area contributed by atoms with E-state index >= 15 is 0 Å². The van der Waals surface area contributed by atoms with Gasteiger partial charge in [0.05, 0.1) is 17.1 Å². The van der Waals surface area contributed by atoms with Crippen LogP contribution in [0.3, 0.4) is 0 Å². The van der Waals surface area contributed by atoms with Crippen LogP contribution in [0.5, 0.6) is 0 Å². The smallest absolute Gasteiger partial charge is 0.226 e. The molecule has 3 rings (SSSR count). The van der Waals surface area contributed by atoms with E-state index in [0.29, 0.717) is 13.0 Å². The third kappa shape index (κ3) is 3.91. The third-order valence-corrected chi connectivity index (χ3v) is 5.27. The molecule has 2 aromatic rings. The van der Waals surface area contributed by atoms with E-state index in [1.54, 1.807) is 11.3 Å². The van der Waals surface area contributed by atoms with E-state index in [9.17, 15) is 4.79 Å². The van der Waals surface area contributed by atoms with Crippen LogP contribution in [0, 0.1) is 0 Å². The molecule has 122 valence electrons. The number of rotatable bonds is 5. The molecule has 1 aromatic heterocycles. The Labute approximate surface area is 141 Å². The molecule has 0 aliphatic carbocycles. The maximum absolute atomic E-state index is 12.1. The van der Waals surface area contributed by atoms with Crippen LogP contribution in [-0.2, 0) is 30.6 Å². The molecule has 0 radical (unpaired) electrons. The van der Waals surface area contributed by atoms with Crippen LogP contribution in [0.1, 0.15) is 35.2 Å². The number of fused-ring (bicyclic) bond motifs is 1. The summed E-state index contributed by atoms with van der Waals surface area (Å²) < 4.78 is 0. The first-order chi connectivity index (χ1) is 11.2. The topological polar surface area (TPSA) is 45.2 Å². The van der Waals surface area contributed by atoms with E-state index in [-0.39, 0.29) is 5.91 Å². The minimum Gasteiger partial charge on any atom is -0.374 e. The number of hydrogen-bond donors (Lipinski definition) is 1. The largest absolute Gasteiger partial charge is 0.374 e. The van der Waals surface area contributed by atoms with Gasteiger partial charge in [0.1, 0.15) is 0 Å². The van der Waals surface area contributed by atoms with Gasteiger partial charge in [0.2, 0.25) is 5.91 Å². The van der Waals surface area contributed by atoms with Gasteiger partial charge in [-0.15, -0.1) is 11.3 Å². The van der Waals surface area contributed by atoms with Crippen LogP contribution < -0.4 is 10.2 Å². The molecule has 1 N–H and O–H groups in total. The Morgan fingerprint density at radius 2 is 2.30 bits per heavy atom. The molecule has 0 saturated carbocycles. The highest BCUT2D eigenvalue weighted by atomic mass is 32.1. The lowest BCUT2D eigenvalue weighted by molar-refractivity contribution is -0.120. The van der Waals surface area contributed by atoms with E-state index in [1.807, 2.05) is 5.38 Å². The summed E-state index contributed by atoms with van der Waals surface area (Å²) in [7, 11) is 2.14. The van der Waals surface area contributed by atoms with Crippen LogP contribution in [0.15, 0.2) is 23.6 Å². The van der Waals surface area contributed by atoms with E-state index in [2.05, 4.69) is 47.4 Å². The molecule has 0 atom stereocenters. The van der Waals surface area contributed by atoms with Crippen LogP contribution in [0.4, 0.5) is 5.69 Å². The van der Waals surface area contributed by atoms with Crippen molar-refractivity contribution in [3.63, 3.8) is 0 Å². The minimum absolute atomic E-state index is 0.0350. The Balaban J connectivity index is 1.56. The molecule has 4 nitrogen and oxygen atoms in total. The van der Waals surface area contributed by atoms with E-state index in [4.69, 9.17) is 0 Å². The van der Waals surface area contributed by atoms with Crippen molar-refractivity contribution in [3.8, 4) is 0 Å². The van der Waals surface area contributed by atoms with Crippen molar-refractivity contribution in [3.05, 3.63) is 45.4 Å². The summed E-state index contributed by atoms with van der Waals surface area (Å²) in [5.74, 6) is 0.0350. The van der Waals surface area contributed by atoms with Gasteiger partial charge < -0.3 is 10.2 Å². The fraction of sp³-hybridized carbons (Fsp3) is 0.444. The molecule has 1 aliphatic heterocycles. The Morgan fingerprint density at radius 3 is 3.09 bits per heavy atom. The first kappa shape index (κ1) is 16.0. The predicted molar refractivity (Wildman–Crippen MR) is 95.1 cm³/mol. The number of anilines is 1. The van der Waals surface area contributed by atoms with Crippen molar-refractivity contribution >= 4 is 22.9 Å². The Kier molecular flexibility index (Phi) is 4.96. The fourth-order valence-corrected chi connectivity index (χ4v) is 3.71.